The molecule has 1 aromatic rings. The molecule has 2 heterocycles. The summed E-state index contributed by atoms with van der Waals surface area (Å²) in [4.78, 5) is 4.35. The summed E-state index contributed by atoms with van der Waals surface area (Å²) in [7, 11) is 0. The number of fused-ring (bicyclic) bond motifs is 1. The molecule has 13 heavy (non-hydrogen) atoms. The minimum absolute atomic E-state index is 0.173. The van der Waals surface area contributed by atoms with Crippen molar-refractivity contribution in [1.29, 1.82) is 0 Å². The zero-order valence-corrected chi connectivity index (χ0v) is 9.64. The second-order valence-corrected chi connectivity index (χ2v) is 5.05. The maximum atomic E-state index is 4.35. The molecule has 1 N–H and O–H groups in total. The van der Waals surface area contributed by atoms with E-state index in [-0.39, 0.29) is 5.41 Å². The van der Waals surface area contributed by atoms with Crippen LogP contribution in [0, 0.1) is 0 Å². The van der Waals surface area contributed by atoms with Gasteiger partial charge in [-0.25, -0.2) is 4.98 Å². The molecule has 1 aliphatic rings. The average Bonchev–Trinajstić information content (AvgIpc) is 2.27. The van der Waals surface area contributed by atoms with Gasteiger partial charge < -0.3 is 5.32 Å². The van der Waals surface area contributed by atoms with Crippen molar-refractivity contribution in [3.63, 3.8) is 0 Å². The highest BCUT2D eigenvalue weighted by Crippen LogP contribution is 2.40. The van der Waals surface area contributed by atoms with Crippen molar-refractivity contribution in [3.8, 4) is 0 Å². The van der Waals surface area contributed by atoms with Gasteiger partial charge in [0, 0.05) is 27.7 Å². The summed E-state index contributed by atoms with van der Waals surface area (Å²) < 4.78 is 1.05. The van der Waals surface area contributed by atoms with Gasteiger partial charge in [0.1, 0.15) is 5.82 Å². The average molecular weight is 241 g/mol. The largest absolute Gasteiger partial charge is 0.366 e. The van der Waals surface area contributed by atoms with E-state index >= 15 is 0 Å². The Kier molecular flexibility index (Phi) is 1.88. The fourth-order valence-corrected chi connectivity index (χ4v) is 2.00. The molecule has 0 saturated carbocycles. The van der Waals surface area contributed by atoms with E-state index in [0.29, 0.717) is 6.04 Å². The third kappa shape index (κ3) is 1.26. The molecular weight excluding hydrogens is 228 g/mol. The summed E-state index contributed by atoms with van der Waals surface area (Å²) in [6.07, 6.45) is 1.83. The normalized spacial score (nSPS) is 23.8. The number of hydrogen-bond acceptors (Lipinski definition) is 2. The lowest BCUT2D eigenvalue weighted by Crippen LogP contribution is -2.29. The SMILES string of the molecule is CC1Nc2ncc(Br)cc2C1(C)C. The van der Waals surface area contributed by atoms with Crippen LogP contribution < -0.4 is 5.32 Å². The third-order valence-corrected chi connectivity index (χ3v) is 3.42. The maximum Gasteiger partial charge on any atom is 0.130 e. The van der Waals surface area contributed by atoms with Gasteiger partial charge >= 0.3 is 0 Å². The minimum Gasteiger partial charge on any atom is -0.366 e. The maximum absolute atomic E-state index is 4.35. The third-order valence-electron chi connectivity index (χ3n) is 2.98. The number of rotatable bonds is 0. The van der Waals surface area contributed by atoms with Gasteiger partial charge in [-0.15, -0.1) is 0 Å². The molecule has 3 heteroatoms. The molecule has 1 aliphatic heterocycles. The van der Waals surface area contributed by atoms with Crippen LogP contribution in [0.5, 0.6) is 0 Å². The molecule has 0 spiro atoms. The number of halogens is 1. The van der Waals surface area contributed by atoms with E-state index in [1.165, 1.54) is 5.56 Å². The Hall–Kier alpha value is -0.570. The number of hydrogen-bond donors (Lipinski definition) is 1. The standard InChI is InChI=1S/C10H13BrN2/c1-6-10(2,3)8-4-7(11)5-12-9(8)13-6/h4-6H,1-3H3,(H,12,13). The Balaban J connectivity index is 2.57. The quantitative estimate of drug-likeness (QED) is 0.755. The first kappa shape index (κ1) is 9.00. The van der Waals surface area contributed by atoms with Gasteiger partial charge in [0.25, 0.3) is 0 Å². The Bertz CT molecular complexity index is 347. The fraction of sp³-hybridized carbons (Fsp3) is 0.500. The summed E-state index contributed by atoms with van der Waals surface area (Å²) >= 11 is 3.45. The van der Waals surface area contributed by atoms with E-state index in [1.54, 1.807) is 0 Å². The Labute approximate surface area is 86.9 Å². The fourth-order valence-electron chi connectivity index (χ4n) is 1.66. The minimum atomic E-state index is 0.173. The van der Waals surface area contributed by atoms with Gasteiger partial charge in [0.05, 0.1) is 0 Å². The van der Waals surface area contributed by atoms with E-state index in [4.69, 9.17) is 0 Å². The highest BCUT2D eigenvalue weighted by molar-refractivity contribution is 9.10. The van der Waals surface area contributed by atoms with Crippen LogP contribution in [0.25, 0.3) is 0 Å². The topological polar surface area (TPSA) is 24.9 Å². The van der Waals surface area contributed by atoms with E-state index in [2.05, 4.69) is 53.1 Å². The molecule has 0 aliphatic carbocycles. The van der Waals surface area contributed by atoms with Crippen LogP contribution >= 0.6 is 15.9 Å². The Morgan fingerprint density at radius 3 is 2.92 bits per heavy atom. The number of anilines is 1. The molecular formula is C10H13BrN2. The van der Waals surface area contributed by atoms with Gasteiger partial charge in [-0.1, -0.05) is 13.8 Å². The molecule has 2 rings (SSSR count). The lowest BCUT2D eigenvalue weighted by atomic mass is 9.82. The highest BCUT2D eigenvalue weighted by atomic mass is 79.9. The van der Waals surface area contributed by atoms with Gasteiger partial charge in [-0.05, 0) is 28.9 Å². The van der Waals surface area contributed by atoms with E-state index < -0.39 is 0 Å². The molecule has 1 atom stereocenters. The van der Waals surface area contributed by atoms with Crippen LogP contribution in [0.15, 0.2) is 16.7 Å². The summed E-state index contributed by atoms with van der Waals surface area (Å²) in [6, 6.07) is 2.60. The van der Waals surface area contributed by atoms with Crippen LogP contribution in [-0.4, -0.2) is 11.0 Å². The summed E-state index contributed by atoms with van der Waals surface area (Å²) in [5, 5.41) is 3.38. The van der Waals surface area contributed by atoms with Crippen molar-refractivity contribution in [3.05, 3.63) is 22.3 Å². The lowest BCUT2D eigenvalue weighted by molar-refractivity contribution is 0.486. The van der Waals surface area contributed by atoms with E-state index in [1.807, 2.05) is 6.20 Å². The zero-order chi connectivity index (χ0) is 9.64. The Morgan fingerprint density at radius 2 is 2.23 bits per heavy atom. The molecule has 0 radical (unpaired) electrons. The first-order chi connectivity index (χ1) is 6.01. The van der Waals surface area contributed by atoms with Crippen molar-refractivity contribution >= 4 is 21.7 Å². The molecule has 2 nitrogen and oxygen atoms in total. The molecule has 0 bridgehead atoms. The number of aromatic nitrogens is 1. The highest BCUT2D eigenvalue weighted by Gasteiger charge is 2.37. The summed E-state index contributed by atoms with van der Waals surface area (Å²) in [5.41, 5.74) is 1.47. The van der Waals surface area contributed by atoms with Crippen LogP contribution in [0.1, 0.15) is 26.3 Å². The predicted molar refractivity (Wildman–Crippen MR) is 58.0 cm³/mol. The van der Waals surface area contributed by atoms with Crippen molar-refractivity contribution < 1.29 is 0 Å². The van der Waals surface area contributed by atoms with Crippen molar-refractivity contribution in [2.24, 2.45) is 0 Å². The molecule has 1 unspecified atom stereocenters. The van der Waals surface area contributed by atoms with E-state index in [0.717, 1.165) is 10.3 Å². The van der Waals surface area contributed by atoms with Crippen LogP contribution in [-0.2, 0) is 5.41 Å². The molecule has 0 saturated heterocycles. The molecule has 0 fully saturated rings. The second-order valence-electron chi connectivity index (χ2n) is 4.14. The first-order valence-corrected chi connectivity index (χ1v) is 5.23. The Morgan fingerprint density at radius 1 is 1.54 bits per heavy atom. The van der Waals surface area contributed by atoms with Crippen molar-refractivity contribution in [1.82, 2.24) is 4.98 Å². The smallest absolute Gasteiger partial charge is 0.130 e. The first-order valence-electron chi connectivity index (χ1n) is 4.44. The number of pyridine rings is 1. The second kappa shape index (κ2) is 2.71. The van der Waals surface area contributed by atoms with Crippen molar-refractivity contribution in [2.45, 2.75) is 32.2 Å². The number of nitrogens with one attached hydrogen (secondary N) is 1. The van der Waals surface area contributed by atoms with Gasteiger partial charge in [0.15, 0.2) is 0 Å². The number of nitrogens with zero attached hydrogens (tertiary/aromatic N) is 1. The molecule has 0 aromatic carbocycles. The van der Waals surface area contributed by atoms with Crippen molar-refractivity contribution in [2.75, 3.05) is 5.32 Å². The van der Waals surface area contributed by atoms with Gasteiger partial charge in [-0.2, -0.15) is 0 Å². The predicted octanol–water partition coefficient (Wildman–Crippen LogP) is 2.94. The van der Waals surface area contributed by atoms with Crippen LogP contribution in [0.3, 0.4) is 0 Å². The molecule has 0 amide bonds. The van der Waals surface area contributed by atoms with Gasteiger partial charge in [0.2, 0.25) is 0 Å². The van der Waals surface area contributed by atoms with E-state index in [9.17, 15) is 0 Å². The summed E-state index contributed by atoms with van der Waals surface area (Å²) in [5.74, 6) is 1.03. The monoisotopic (exact) mass is 240 g/mol. The molecule has 70 valence electrons. The summed E-state index contributed by atoms with van der Waals surface area (Å²) in [6.45, 7) is 6.67. The zero-order valence-electron chi connectivity index (χ0n) is 8.06. The molecule has 1 aromatic heterocycles. The lowest BCUT2D eigenvalue weighted by Gasteiger charge is -2.23. The van der Waals surface area contributed by atoms with Crippen LogP contribution in [0.4, 0.5) is 5.82 Å². The van der Waals surface area contributed by atoms with Crippen LogP contribution in [0.2, 0.25) is 0 Å². The van der Waals surface area contributed by atoms with Gasteiger partial charge in [-0.3, -0.25) is 0 Å².